The molecule has 1 saturated heterocycles. The number of hydrogen-bond donors (Lipinski definition) is 1. The van der Waals surface area contributed by atoms with Crippen molar-refractivity contribution in [3.63, 3.8) is 0 Å². The summed E-state index contributed by atoms with van der Waals surface area (Å²) in [7, 11) is 0. The van der Waals surface area contributed by atoms with Gasteiger partial charge in [-0.25, -0.2) is 0 Å². The summed E-state index contributed by atoms with van der Waals surface area (Å²) < 4.78 is 0. The molecule has 1 heterocycles. The van der Waals surface area contributed by atoms with Crippen molar-refractivity contribution < 1.29 is 9.59 Å². The van der Waals surface area contributed by atoms with Gasteiger partial charge in [0.2, 0.25) is 11.8 Å². The van der Waals surface area contributed by atoms with Gasteiger partial charge in [0.05, 0.1) is 0 Å². The molecule has 0 spiro atoms. The number of nitrogens with one attached hydrogen (secondary N) is 1. The number of fused-ring (bicyclic) bond motifs is 1. The minimum atomic E-state index is 0.0823. The predicted octanol–water partition coefficient (Wildman–Crippen LogP) is 2.86. The summed E-state index contributed by atoms with van der Waals surface area (Å²) >= 11 is 0. The second-order valence-corrected chi connectivity index (χ2v) is 6.54. The van der Waals surface area contributed by atoms with Crippen molar-refractivity contribution in [2.45, 2.75) is 77.2 Å². The molecule has 0 aromatic rings. The molecule has 0 bridgehead atoms. The van der Waals surface area contributed by atoms with E-state index in [0.29, 0.717) is 25.3 Å². The van der Waals surface area contributed by atoms with Crippen molar-refractivity contribution in [3.05, 3.63) is 0 Å². The SMILES string of the molecule is CCCNC(=O)CCCC(=O)N1CCCC2CCCCC21. The Bertz CT molecular complexity index is 355. The molecule has 1 saturated carbocycles. The molecule has 1 aliphatic heterocycles. The average Bonchev–Trinajstić information content (AvgIpc) is 2.52. The van der Waals surface area contributed by atoms with Gasteiger partial charge in [0.15, 0.2) is 0 Å². The number of rotatable bonds is 6. The third-order valence-corrected chi connectivity index (χ3v) is 4.93. The van der Waals surface area contributed by atoms with E-state index in [1.54, 1.807) is 0 Å². The topological polar surface area (TPSA) is 49.4 Å². The molecule has 21 heavy (non-hydrogen) atoms. The highest BCUT2D eigenvalue weighted by Crippen LogP contribution is 2.35. The van der Waals surface area contributed by atoms with Crippen molar-refractivity contribution in [1.29, 1.82) is 0 Å². The van der Waals surface area contributed by atoms with Gasteiger partial charge in [-0.05, 0) is 44.4 Å². The van der Waals surface area contributed by atoms with Crippen LogP contribution in [-0.4, -0.2) is 35.8 Å². The first kappa shape index (κ1) is 16.3. The van der Waals surface area contributed by atoms with Gasteiger partial charge in [-0.15, -0.1) is 0 Å². The van der Waals surface area contributed by atoms with E-state index in [2.05, 4.69) is 10.2 Å². The highest BCUT2D eigenvalue weighted by molar-refractivity contribution is 5.79. The molecular formula is C17H30N2O2. The minimum Gasteiger partial charge on any atom is -0.356 e. The number of hydrogen-bond acceptors (Lipinski definition) is 2. The number of carbonyl (C=O) groups excluding carboxylic acids is 2. The van der Waals surface area contributed by atoms with Crippen LogP contribution in [0.4, 0.5) is 0 Å². The van der Waals surface area contributed by atoms with Crippen molar-refractivity contribution in [3.8, 4) is 0 Å². The molecule has 0 radical (unpaired) electrons. The first-order valence-electron chi connectivity index (χ1n) is 8.78. The zero-order chi connectivity index (χ0) is 15.1. The Morgan fingerprint density at radius 3 is 2.67 bits per heavy atom. The lowest BCUT2D eigenvalue weighted by atomic mass is 9.78. The third-order valence-electron chi connectivity index (χ3n) is 4.93. The van der Waals surface area contributed by atoms with E-state index >= 15 is 0 Å². The zero-order valence-corrected chi connectivity index (χ0v) is 13.4. The van der Waals surface area contributed by atoms with E-state index in [9.17, 15) is 9.59 Å². The summed E-state index contributed by atoms with van der Waals surface area (Å²) in [4.78, 5) is 26.1. The summed E-state index contributed by atoms with van der Waals surface area (Å²) in [6, 6.07) is 0.494. The molecule has 0 aromatic heterocycles. The third kappa shape index (κ3) is 4.72. The maximum Gasteiger partial charge on any atom is 0.222 e. The standard InChI is InChI=1S/C17H30N2O2/c1-2-12-18-16(20)10-5-11-17(21)19-13-6-8-14-7-3-4-9-15(14)19/h14-15H,2-13H2,1H3,(H,18,20). The highest BCUT2D eigenvalue weighted by Gasteiger charge is 2.35. The lowest BCUT2D eigenvalue weighted by molar-refractivity contribution is -0.137. The Labute approximate surface area is 128 Å². The van der Waals surface area contributed by atoms with Crippen molar-refractivity contribution in [1.82, 2.24) is 10.2 Å². The number of carbonyl (C=O) groups is 2. The Morgan fingerprint density at radius 1 is 1.10 bits per heavy atom. The van der Waals surface area contributed by atoms with Crippen molar-refractivity contribution in [2.24, 2.45) is 5.92 Å². The summed E-state index contributed by atoms with van der Waals surface area (Å²) in [6.07, 6.45) is 10.2. The molecule has 2 rings (SSSR count). The molecule has 2 amide bonds. The molecular weight excluding hydrogens is 264 g/mol. The van der Waals surface area contributed by atoms with Crippen molar-refractivity contribution in [2.75, 3.05) is 13.1 Å². The van der Waals surface area contributed by atoms with Crippen LogP contribution in [0.5, 0.6) is 0 Å². The summed E-state index contributed by atoms with van der Waals surface area (Å²) in [5.41, 5.74) is 0. The van der Waals surface area contributed by atoms with E-state index in [-0.39, 0.29) is 11.8 Å². The van der Waals surface area contributed by atoms with Gasteiger partial charge in [-0.1, -0.05) is 19.8 Å². The molecule has 2 unspecified atom stereocenters. The first-order valence-corrected chi connectivity index (χ1v) is 8.78. The molecule has 0 aromatic carbocycles. The zero-order valence-electron chi connectivity index (χ0n) is 13.4. The smallest absolute Gasteiger partial charge is 0.222 e. The number of nitrogens with zero attached hydrogens (tertiary/aromatic N) is 1. The van der Waals surface area contributed by atoms with Crippen LogP contribution in [0.25, 0.3) is 0 Å². The molecule has 2 aliphatic rings. The Morgan fingerprint density at radius 2 is 1.86 bits per heavy atom. The molecule has 1 N–H and O–H groups in total. The van der Waals surface area contributed by atoms with Crippen LogP contribution in [-0.2, 0) is 9.59 Å². The molecule has 2 fully saturated rings. The van der Waals surface area contributed by atoms with Crippen LogP contribution in [0.3, 0.4) is 0 Å². The first-order chi connectivity index (χ1) is 10.2. The van der Waals surface area contributed by atoms with Crippen LogP contribution in [0, 0.1) is 5.92 Å². The van der Waals surface area contributed by atoms with E-state index in [0.717, 1.165) is 31.8 Å². The number of amides is 2. The van der Waals surface area contributed by atoms with Gasteiger partial charge in [0.1, 0.15) is 0 Å². The highest BCUT2D eigenvalue weighted by atomic mass is 16.2. The van der Waals surface area contributed by atoms with Crippen LogP contribution in [0.2, 0.25) is 0 Å². The maximum absolute atomic E-state index is 12.4. The quantitative estimate of drug-likeness (QED) is 0.819. The summed E-state index contributed by atoms with van der Waals surface area (Å²) in [5.74, 6) is 1.10. The molecule has 1 aliphatic carbocycles. The van der Waals surface area contributed by atoms with Crippen LogP contribution < -0.4 is 5.32 Å². The minimum absolute atomic E-state index is 0.0823. The fraction of sp³-hybridized carbons (Fsp3) is 0.882. The molecule has 2 atom stereocenters. The molecule has 4 heteroatoms. The van der Waals surface area contributed by atoms with E-state index < -0.39 is 0 Å². The predicted molar refractivity (Wildman–Crippen MR) is 83.8 cm³/mol. The van der Waals surface area contributed by atoms with Gasteiger partial charge >= 0.3 is 0 Å². The van der Waals surface area contributed by atoms with Gasteiger partial charge in [0, 0.05) is 32.0 Å². The summed E-state index contributed by atoms with van der Waals surface area (Å²) in [5, 5.41) is 2.87. The maximum atomic E-state index is 12.4. The second kappa shape index (κ2) is 8.40. The number of piperidine rings is 1. The summed E-state index contributed by atoms with van der Waals surface area (Å²) in [6.45, 7) is 3.71. The monoisotopic (exact) mass is 294 g/mol. The van der Waals surface area contributed by atoms with E-state index in [1.165, 1.54) is 32.1 Å². The Kier molecular flexibility index (Phi) is 6.52. The van der Waals surface area contributed by atoms with Crippen LogP contribution >= 0.6 is 0 Å². The lowest BCUT2D eigenvalue weighted by Crippen LogP contribution is -2.49. The Balaban J connectivity index is 1.73. The average molecular weight is 294 g/mol. The fourth-order valence-corrected chi connectivity index (χ4v) is 3.83. The second-order valence-electron chi connectivity index (χ2n) is 6.54. The fourth-order valence-electron chi connectivity index (χ4n) is 3.83. The van der Waals surface area contributed by atoms with Gasteiger partial charge in [-0.2, -0.15) is 0 Å². The van der Waals surface area contributed by atoms with E-state index in [1.807, 2.05) is 6.92 Å². The van der Waals surface area contributed by atoms with Gasteiger partial charge in [0.25, 0.3) is 0 Å². The van der Waals surface area contributed by atoms with E-state index in [4.69, 9.17) is 0 Å². The van der Waals surface area contributed by atoms with Gasteiger partial charge < -0.3 is 10.2 Å². The van der Waals surface area contributed by atoms with Crippen LogP contribution in [0.1, 0.15) is 71.1 Å². The lowest BCUT2D eigenvalue weighted by Gasteiger charge is -2.44. The Hall–Kier alpha value is -1.06. The largest absolute Gasteiger partial charge is 0.356 e. The van der Waals surface area contributed by atoms with Crippen LogP contribution in [0.15, 0.2) is 0 Å². The van der Waals surface area contributed by atoms with Crippen molar-refractivity contribution >= 4 is 11.8 Å². The molecule has 120 valence electrons. The van der Waals surface area contributed by atoms with Gasteiger partial charge in [-0.3, -0.25) is 9.59 Å². The normalized spacial score (nSPS) is 25.3. The number of likely N-dealkylation sites (tertiary alicyclic amines) is 1. The molecule has 4 nitrogen and oxygen atoms in total.